The molecule has 1 aromatic rings. The number of likely N-dealkylation sites (N-methyl/N-ethyl adjacent to an activating group) is 1. The van der Waals surface area contributed by atoms with Crippen LogP contribution in [0, 0.1) is 18.3 Å². The van der Waals surface area contributed by atoms with Gasteiger partial charge >= 0.3 is 0 Å². The Morgan fingerprint density at radius 2 is 2.16 bits per heavy atom. The van der Waals surface area contributed by atoms with Gasteiger partial charge in [0.15, 0.2) is 0 Å². The van der Waals surface area contributed by atoms with E-state index >= 15 is 0 Å². The average molecular weight is 264 g/mol. The largest absolute Gasteiger partial charge is 0.388 e. The number of nitrogens with zero attached hydrogens (tertiary/aromatic N) is 4. The van der Waals surface area contributed by atoms with Crippen molar-refractivity contribution in [1.29, 1.82) is 5.26 Å². The summed E-state index contributed by atoms with van der Waals surface area (Å²) >= 11 is 0. The molecule has 0 atom stereocenters. The molecule has 1 N–H and O–H groups in total. The number of hydrogen-bond donors (Lipinski definition) is 1. The summed E-state index contributed by atoms with van der Waals surface area (Å²) in [6.07, 6.45) is 1.24. The van der Waals surface area contributed by atoms with Gasteiger partial charge in [-0.25, -0.2) is 0 Å². The molecule has 1 aliphatic rings. The van der Waals surface area contributed by atoms with Crippen LogP contribution < -0.4 is 4.90 Å². The number of ether oxygens (including phenoxy) is 1. The van der Waals surface area contributed by atoms with Gasteiger partial charge in [-0.1, -0.05) is 0 Å². The second-order valence-electron chi connectivity index (χ2n) is 5.21. The zero-order chi connectivity index (χ0) is 14.0. The first-order valence-electron chi connectivity index (χ1n) is 6.42. The lowest BCUT2D eigenvalue weighted by atomic mass is 9.94. The molecular weight excluding hydrogens is 244 g/mol. The van der Waals surface area contributed by atoms with Gasteiger partial charge < -0.3 is 14.7 Å². The van der Waals surface area contributed by atoms with Crippen molar-refractivity contribution in [1.82, 2.24) is 9.78 Å². The van der Waals surface area contributed by atoms with Crippen LogP contribution in [0.25, 0.3) is 0 Å². The minimum Gasteiger partial charge on any atom is -0.388 e. The van der Waals surface area contributed by atoms with E-state index in [9.17, 15) is 10.4 Å². The monoisotopic (exact) mass is 264 g/mol. The van der Waals surface area contributed by atoms with Crippen molar-refractivity contribution in [3.8, 4) is 6.07 Å². The molecule has 0 saturated carbocycles. The summed E-state index contributed by atoms with van der Waals surface area (Å²) in [7, 11) is 3.69. The number of aromatic nitrogens is 2. The first kappa shape index (κ1) is 13.8. The number of anilines is 1. The van der Waals surface area contributed by atoms with Gasteiger partial charge in [0.25, 0.3) is 0 Å². The molecule has 2 rings (SSSR count). The molecule has 104 valence electrons. The van der Waals surface area contributed by atoms with Crippen LogP contribution in [0.2, 0.25) is 0 Å². The molecule has 6 heteroatoms. The molecule has 0 spiro atoms. The lowest BCUT2D eigenvalue weighted by molar-refractivity contribution is -0.0573. The van der Waals surface area contributed by atoms with Gasteiger partial charge in [0.2, 0.25) is 0 Å². The lowest BCUT2D eigenvalue weighted by Crippen LogP contribution is -2.46. The van der Waals surface area contributed by atoms with Crippen LogP contribution in [0.3, 0.4) is 0 Å². The quantitative estimate of drug-likeness (QED) is 0.864. The third-order valence-corrected chi connectivity index (χ3v) is 3.62. The predicted molar refractivity (Wildman–Crippen MR) is 70.9 cm³/mol. The van der Waals surface area contributed by atoms with Crippen LogP contribution in [-0.2, 0) is 11.8 Å². The van der Waals surface area contributed by atoms with Gasteiger partial charge in [0.05, 0.1) is 11.3 Å². The van der Waals surface area contributed by atoms with Crippen molar-refractivity contribution in [2.24, 2.45) is 7.05 Å². The van der Waals surface area contributed by atoms with E-state index in [2.05, 4.69) is 11.2 Å². The molecule has 1 aromatic heterocycles. The van der Waals surface area contributed by atoms with Gasteiger partial charge in [-0.05, 0) is 6.92 Å². The Labute approximate surface area is 113 Å². The van der Waals surface area contributed by atoms with E-state index in [0.29, 0.717) is 43.9 Å². The highest BCUT2D eigenvalue weighted by Gasteiger charge is 2.32. The second-order valence-corrected chi connectivity index (χ2v) is 5.21. The van der Waals surface area contributed by atoms with Crippen LogP contribution in [0.15, 0.2) is 0 Å². The predicted octanol–water partition coefficient (Wildman–Crippen LogP) is 0.578. The second kappa shape index (κ2) is 5.19. The average Bonchev–Trinajstić information content (AvgIpc) is 2.63. The van der Waals surface area contributed by atoms with E-state index in [1.54, 1.807) is 4.68 Å². The fourth-order valence-corrected chi connectivity index (χ4v) is 2.64. The Kier molecular flexibility index (Phi) is 3.78. The molecule has 1 fully saturated rings. The first-order chi connectivity index (χ1) is 8.97. The summed E-state index contributed by atoms with van der Waals surface area (Å²) in [6.45, 7) is 3.46. The maximum absolute atomic E-state index is 10.5. The maximum atomic E-state index is 10.5. The number of hydrogen-bond acceptors (Lipinski definition) is 5. The fraction of sp³-hybridized carbons (Fsp3) is 0.692. The molecule has 0 unspecified atom stereocenters. The van der Waals surface area contributed by atoms with E-state index < -0.39 is 5.60 Å². The summed E-state index contributed by atoms with van der Waals surface area (Å²) < 4.78 is 6.97. The van der Waals surface area contributed by atoms with E-state index in [0.717, 1.165) is 5.82 Å². The first-order valence-corrected chi connectivity index (χ1v) is 6.42. The summed E-state index contributed by atoms with van der Waals surface area (Å²) in [5.41, 5.74) is 0.532. The topological polar surface area (TPSA) is 74.3 Å². The zero-order valence-electron chi connectivity index (χ0n) is 11.7. The number of nitriles is 1. The fourth-order valence-electron chi connectivity index (χ4n) is 2.64. The SMILES string of the molecule is Cc1nn(C)c(N(C)CC2(O)CCOCC2)c1C#N. The van der Waals surface area contributed by atoms with Gasteiger partial charge in [0, 0.05) is 46.7 Å². The van der Waals surface area contributed by atoms with E-state index in [1.807, 2.05) is 25.9 Å². The minimum absolute atomic E-state index is 0.476. The van der Waals surface area contributed by atoms with Crippen LogP contribution in [0.1, 0.15) is 24.1 Å². The Bertz CT molecular complexity index is 497. The third kappa shape index (κ3) is 2.72. The molecule has 0 radical (unpaired) electrons. The highest BCUT2D eigenvalue weighted by Crippen LogP contribution is 2.26. The molecule has 1 saturated heterocycles. The summed E-state index contributed by atoms with van der Waals surface area (Å²) in [4.78, 5) is 1.91. The third-order valence-electron chi connectivity index (χ3n) is 3.62. The highest BCUT2D eigenvalue weighted by molar-refractivity contribution is 5.56. The Morgan fingerprint density at radius 3 is 2.74 bits per heavy atom. The normalized spacial score (nSPS) is 18.1. The Balaban J connectivity index is 2.20. The van der Waals surface area contributed by atoms with Crippen LogP contribution in [0.4, 0.5) is 5.82 Å². The van der Waals surface area contributed by atoms with Crippen molar-refractivity contribution in [2.45, 2.75) is 25.4 Å². The van der Waals surface area contributed by atoms with Crippen molar-refractivity contribution >= 4 is 5.82 Å². The molecule has 0 amide bonds. The van der Waals surface area contributed by atoms with Crippen molar-refractivity contribution in [3.63, 3.8) is 0 Å². The van der Waals surface area contributed by atoms with E-state index in [1.165, 1.54) is 0 Å². The van der Waals surface area contributed by atoms with Gasteiger partial charge in [-0.2, -0.15) is 10.4 Å². The molecule has 6 nitrogen and oxygen atoms in total. The van der Waals surface area contributed by atoms with Gasteiger partial charge in [-0.15, -0.1) is 0 Å². The van der Waals surface area contributed by atoms with Gasteiger partial charge in [0.1, 0.15) is 17.5 Å². The highest BCUT2D eigenvalue weighted by atomic mass is 16.5. The molecular formula is C13H20N4O2. The van der Waals surface area contributed by atoms with Crippen LogP contribution >= 0.6 is 0 Å². The Morgan fingerprint density at radius 1 is 1.53 bits per heavy atom. The summed E-state index contributed by atoms with van der Waals surface area (Å²) in [5, 5.41) is 24.0. The minimum atomic E-state index is -0.752. The summed E-state index contributed by atoms with van der Waals surface area (Å²) in [6, 6.07) is 2.18. The molecule has 0 aliphatic carbocycles. The number of aryl methyl sites for hydroxylation is 2. The zero-order valence-corrected chi connectivity index (χ0v) is 11.7. The number of rotatable bonds is 3. The molecule has 1 aliphatic heterocycles. The standard InChI is InChI=1S/C13H20N4O2/c1-10-11(8-14)12(17(3)15-10)16(2)9-13(18)4-6-19-7-5-13/h18H,4-7,9H2,1-3H3. The maximum Gasteiger partial charge on any atom is 0.144 e. The number of aliphatic hydroxyl groups is 1. The van der Waals surface area contributed by atoms with Crippen molar-refractivity contribution in [2.75, 3.05) is 31.7 Å². The molecule has 0 bridgehead atoms. The van der Waals surface area contributed by atoms with Crippen LogP contribution in [-0.4, -0.2) is 47.3 Å². The smallest absolute Gasteiger partial charge is 0.144 e. The summed E-state index contributed by atoms with van der Waals surface area (Å²) in [5.74, 6) is 0.750. The van der Waals surface area contributed by atoms with Gasteiger partial charge in [-0.3, -0.25) is 4.68 Å². The van der Waals surface area contributed by atoms with E-state index in [4.69, 9.17) is 4.74 Å². The van der Waals surface area contributed by atoms with Crippen LogP contribution in [0.5, 0.6) is 0 Å². The molecule has 0 aromatic carbocycles. The molecule has 19 heavy (non-hydrogen) atoms. The Hall–Kier alpha value is -1.58. The van der Waals surface area contributed by atoms with E-state index in [-0.39, 0.29) is 0 Å². The van der Waals surface area contributed by atoms with Crippen molar-refractivity contribution < 1.29 is 9.84 Å². The van der Waals surface area contributed by atoms with Crippen molar-refractivity contribution in [3.05, 3.63) is 11.3 Å². The molecule has 2 heterocycles. The lowest BCUT2D eigenvalue weighted by Gasteiger charge is -2.36.